The van der Waals surface area contributed by atoms with Crippen molar-refractivity contribution < 1.29 is 24.2 Å². The van der Waals surface area contributed by atoms with Gasteiger partial charge in [0.15, 0.2) is 0 Å². The molecular formula is C7H11FN2O4. The van der Waals surface area contributed by atoms with Gasteiger partial charge < -0.3 is 21.7 Å². The van der Waals surface area contributed by atoms with Gasteiger partial charge in [0.1, 0.15) is 17.9 Å². The highest BCUT2D eigenvalue weighted by Crippen LogP contribution is 2.06. The first kappa shape index (κ1) is 12.5. The van der Waals surface area contributed by atoms with Crippen LogP contribution < -0.4 is 11.5 Å². The largest absolute Gasteiger partial charge is 0.480 e. The van der Waals surface area contributed by atoms with Gasteiger partial charge in [0, 0.05) is 6.42 Å². The highest BCUT2D eigenvalue weighted by Gasteiger charge is 2.16. The van der Waals surface area contributed by atoms with Crippen LogP contribution in [0.4, 0.5) is 4.39 Å². The number of halogens is 1. The van der Waals surface area contributed by atoms with Gasteiger partial charge in [0.05, 0.1) is 0 Å². The number of carboxylic acid groups (broad SMARTS) is 2. The second-order valence-electron chi connectivity index (χ2n) is 2.63. The zero-order chi connectivity index (χ0) is 11.3. The number of aliphatic carboxylic acids is 2. The quantitative estimate of drug-likeness (QED) is 0.459. The molecule has 0 aromatic carbocycles. The molecular weight excluding hydrogens is 195 g/mol. The van der Waals surface area contributed by atoms with Crippen LogP contribution in [0.25, 0.3) is 0 Å². The fourth-order valence-electron chi connectivity index (χ4n) is 0.632. The van der Waals surface area contributed by atoms with Crippen LogP contribution >= 0.6 is 0 Å². The molecule has 0 amide bonds. The summed E-state index contributed by atoms with van der Waals surface area (Å²) in [7, 11) is 0. The summed E-state index contributed by atoms with van der Waals surface area (Å²) in [5.74, 6) is -3.71. The molecule has 2 unspecified atom stereocenters. The molecule has 6 N–H and O–H groups in total. The summed E-state index contributed by atoms with van der Waals surface area (Å²) in [5.41, 5.74) is 9.97. The molecule has 0 aromatic heterocycles. The van der Waals surface area contributed by atoms with Crippen molar-refractivity contribution in [2.24, 2.45) is 11.5 Å². The zero-order valence-electron chi connectivity index (χ0n) is 7.18. The van der Waals surface area contributed by atoms with E-state index in [-0.39, 0.29) is 0 Å². The lowest BCUT2D eigenvalue weighted by atomic mass is 10.1. The fraction of sp³-hybridized carbons (Fsp3) is 0.429. The highest BCUT2D eigenvalue weighted by atomic mass is 19.1. The topological polar surface area (TPSA) is 127 Å². The van der Waals surface area contributed by atoms with Gasteiger partial charge in [0.2, 0.25) is 0 Å². The third-order valence-electron chi connectivity index (χ3n) is 1.38. The number of nitrogens with two attached hydrogens (primary N) is 2. The predicted octanol–water partition coefficient (Wildman–Crippen LogP) is -0.946. The Balaban J connectivity index is 4.26. The molecule has 0 fully saturated rings. The lowest BCUT2D eigenvalue weighted by Gasteiger charge is -2.05. The molecule has 0 radical (unpaired) electrons. The summed E-state index contributed by atoms with van der Waals surface area (Å²) in [6.07, 6.45) is 0.0431. The fourth-order valence-corrected chi connectivity index (χ4v) is 0.632. The highest BCUT2D eigenvalue weighted by molar-refractivity contribution is 5.76. The second-order valence-corrected chi connectivity index (χ2v) is 2.63. The lowest BCUT2D eigenvalue weighted by molar-refractivity contribution is -0.138. The van der Waals surface area contributed by atoms with Gasteiger partial charge in [-0.25, -0.2) is 4.39 Å². The molecule has 0 aliphatic carbocycles. The van der Waals surface area contributed by atoms with Crippen molar-refractivity contribution in [1.29, 1.82) is 0 Å². The van der Waals surface area contributed by atoms with Crippen LogP contribution in [0, 0.1) is 0 Å². The summed E-state index contributed by atoms with van der Waals surface area (Å²) < 4.78 is 12.8. The Hall–Kier alpha value is -1.47. The predicted molar refractivity (Wildman–Crippen MR) is 45.0 cm³/mol. The maximum absolute atomic E-state index is 12.8. The normalized spacial score (nSPS) is 16.1. The van der Waals surface area contributed by atoms with E-state index in [2.05, 4.69) is 0 Å². The van der Waals surface area contributed by atoms with Crippen molar-refractivity contribution in [1.82, 2.24) is 0 Å². The lowest BCUT2D eigenvalue weighted by Crippen LogP contribution is -2.31. The second kappa shape index (κ2) is 5.30. The van der Waals surface area contributed by atoms with Crippen molar-refractivity contribution >= 4 is 11.9 Å². The van der Waals surface area contributed by atoms with E-state index in [4.69, 9.17) is 21.7 Å². The van der Waals surface area contributed by atoms with Gasteiger partial charge in [-0.05, 0) is 6.08 Å². The summed E-state index contributed by atoms with van der Waals surface area (Å²) in [6, 6.07) is -2.89. The Labute approximate surface area is 79.0 Å². The number of hydrogen-bond acceptors (Lipinski definition) is 4. The molecule has 0 heterocycles. The van der Waals surface area contributed by atoms with Crippen LogP contribution in [-0.4, -0.2) is 34.2 Å². The Bertz CT molecular complexity index is 266. The first-order chi connectivity index (χ1) is 6.34. The molecule has 0 rings (SSSR count). The van der Waals surface area contributed by atoms with Crippen LogP contribution in [0.5, 0.6) is 0 Å². The Morgan fingerprint density at radius 2 is 1.79 bits per heavy atom. The van der Waals surface area contributed by atoms with E-state index in [1.54, 1.807) is 0 Å². The maximum atomic E-state index is 12.8. The van der Waals surface area contributed by atoms with E-state index in [0.29, 0.717) is 6.08 Å². The SMILES string of the molecule is NC(/C=C(\F)CC(N)C(=O)O)C(=O)O. The van der Waals surface area contributed by atoms with Crippen LogP contribution in [0.3, 0.4) is 0 Å². The average Bonchev–Trinajstić information content (AvgIpc) is 2.03. The third kappa shape index (κ3) is 4.53. The molecule has 2 atom stereocenters. The molecule has 80 valence electrons. The minimum atomic E-state index is -1.49. The molecule has 7 heteroatoms. The number of carbonyl (C=O) groups is 2. The number of hydrogen-bond donors (Lipinski definition) is 4. The standard InChI is InChI=1S/C7H11FN2O4/c8-3(1-4(9)6(11)12)2-5(10)7(13)14/h1,4-5H,2,9-10H2,(H,11,12)(H,13,14)/b3-1-. The smallest absolute Gasteiger partial charge is 0.324 e. The summed E-state index contributed by atoms with van der Waals surface area (Å²) in [6.45, 7) is 0. The van der Waals surface area contributed by atoms with Crippen molar-refractivity contribution in [3.8, 4) is 0 Å². The first-order valence-corrected chi connectivity index (χ1v) is 3.67. The molecule has 0 aromatic rings. The monoisotopic (exact) mass is 206 g/mol. The van der Waals surface area contributed by atoms with Crippen molar-refractivity contribution in [3.05, 3.63) is 11.9 Å². The average molecular weight is 206 g/mol. The van der Waals surface area contributed by atoms with Gasteiger partial charge in [-0.15, -0.1) is 0 Å². The minimum Gasteiger partial charge on any atom is -0.480 e. The molecule has 0 spiro atoms. The number of rotatable bonds is 5. The molecule has 0 saturated carbocycles. The molecule has 0 aliphatic heterocycles. The minimum absolute atomic E-state index is 0.573. The van der Waals surface area contributed by atoms with Crippen LogP contribution in [0.1, 0.15) is 6.42 Å². The van der Waals surface area contributed by atoms with Crippen molar-refractivity contribution in [3.63, 3.8) is 0 Å². The Morgan fingerprint density at radius 3 is 2.14 bits per heavy atom. The van der Waals surface area contributed by atoms with Gasteiger partial charge in [-0.1, -0.05) is 0 Å². The van der Waals surface area contributed by atoms with Gasteiger partial charge in [-0.2, -0.15) is 0 Å². The van der Waals surface area contributed by atoms with Crippen LogP contribution in [0.2, 0.25) is 0 Å². The van der Waals surface area contributed by atoms with Gasteiger partial charge in [0.25, 0.3) is 0 Å². The van der Waals surface area contributed by atoms with E-state index < -0.39 is 36.3 Å². The van der Waals surface area contributed by atoms with E-state index >= 15 is 0 Å². The molecule has 14 heavy (non-hydrogen) atoms. The van der Waals surface area contributed by atoms with Gasteiger partial charge >= 0.3 is 11.9 Å². The van der Waals surface area contributed by atoms with E-state index in [1.165, 1.54) is 0 Å². The third-order valence-corrected chi connectivity index (χ3v) is 1.38. The van der Waals surface area contributed by atoms with Crippen molar-refractivity contribution in [2.75, 3.05) is 0 Å². The van der Waals surface area contributed by atoms with E-state index in [9.17, 15) is 14.0 Å². The molecule has 0 aliphatic rings. The molecule has 6 nitrogen and oxygen atoms in total. The van der Waals surface area contributed by atoms with Crippen LogP contribution in [0.15, 0.2) is 11.9 Å². The molecule has 0 saturated heterocycles. The summed E-state index contributed by atoms with van der Waals surface area (Å²) >= 11 is 0. The van der Waals surface area contributed by atoms with Crippen LogP contribution in [-0.2, 0) is 9.59 Å². The first-order valence-electron chi connectivity index (χ1n) is 3.67. The Morgan fingerprint density at radius 1 is 1.29 bits per heavy atom. The summed E-state index contributed by atoms with van der Waals surface area (Å²) in [4.78, 5) is 20.4. The zero-order valence-corrected chi connectivity index (χ0v) is 7.18. The summed E-state index contributed by atoms with van der Waals surface area (Å²) in [5, 5.41) is 16.6. The maximum Gasteiger partial charge on any atom is 0.324 e. The Kier molecular flexibility index (Phi) is 4.74. The number of carboxylic acids is 2. The van der Waals surface area contributed by atoms with E-state index in [0.717, 1.165) is 0 Å². The molecule has 0 bridgehead atoms. The van der Waals surface area contributed by atoms with Crippen molar-refractivity contribution in [2.45, 2.75) is 18.5 Å². The van der Waals surface area contributed by atoms with Gasteiger partial charge in [-0.3, -0.25) is 9.59 Å². The van der Waals surface area contributed by atoms with E-state index in [1.807, 2.05) is 0 Å².